The quantitative estimate of drug-likeness (QED) is 0.0662. The van der Waals surface area contributed by atoms with E-state index < -0.39 is 65.4 Å². The number of thiophene rings is 1. The van der Waals surface area contributed by atoms with E-state index in [1.807, 2.05) is 108 Å². The number of carbonyl (C=O) groups excluding carboxylic acids is 5. The molecule has 2 aliphatic heterocycles. The van der Waals surface area contributed by atoms with Gasteiger partial charge in [-0.05, 0) is 99.0 Å². The lowest BCUT2D eigenvalue weighted by Gasteiger charge is -2.36. The van der Waals surface area contributed by atoms with Gasteiger partial charge in [-0.2, -0.15) is 0 Å². The molecule has 1 unspecified atom stereocenters. The van der Waals surface area contributed by atoms with Crippen LogP contribution in [0.3, 0.4) is 0 Å². The zero-order chi connectivity index (χ0) is 57.8. The third kappa shape index (κ3) is 11.9. The zero-order valence-electron chi connectivity index (χ0n) is 47.0. The Morgan fingerprint density at radius 2 is 1.60 bits per heavy atom. The molecule has 1 saturated carbocycles. The summed E-state index contributed by atoms with van der Waals surface area (Å²) in [5, 5.41) is 20.3. The van der Waals surface area contributed by atoms with Crippen LogP contribution in [0.4, 0.5) is 0 Å². The number of likely N-dealkylation sites (tertiary alicyclic amines) is 1. The molecule has 3 aliphatic rings. The molecule has 1 saturated heterocycles. The second-order valence-electron chi connectivity index (χ2n) is 22.9. The van der Waals surface area contributed by atoms with Crippen LogP contribution in [0, 0.1) is 39.0 Å². The molecule has 6 heterocycles. The Kier molecular flexibility index (Phi) is 16.1. The van der Waals surface area contributed by atoms with Crippen molar-refractivity contribution < 1.29 is 37.9 Å². The molecule has 4 aromatic heterocycles. The van der Waals surface area contributed by atoms with Gasteiger partial charge in [-0.15, -0.1) is 32.9 Å². The molecule has 10 rings (SSSR count). The minimum atomic E-state index is -1.13. The number of aromatic nitrogens is 4. The Labute approximate surface area is 483 Å². The molecule has 0 bridgehead atoms. The monoisotopic (exact) mass is 1150 g/mol. The predicted octanol–water partition coefficient (Wildman–Crippen LogP) is 9.61. The highest BCUT2D eigenvalue weighted by molar-refractivity contribution is 7.15. The lowest BCUT2D eigenvalue weighted by Crippen LogP contribution is -2.57. The first kappa shape index (κ1) is 57.0. The van der Waals surface area contributed by atoms with E-state index in [4.69, 9.17) is 36.2 Å². The molecule has 0 spiro atoms. The Morgan fingerprint density at radius 3 is 2.28 bits per heavy atom. The zero-order valence-corrected chi connectivity index (χ0v) is 49.3. The van der Waals surface area contributed by atoms with Gasteiger partial charge in [0.1, 0.15) is 58.5 Å². The summed E-state index contributed by atoms with van der Waals surface area (Å²) in [6, 6.07) is 18.1. The normalized spacial score (nSPS) is 19.8. The van der Waals surface area contributed by atoms with Crippen LogP contribution < -0.4 is 26.4 Å². The van der Waals surface area contributed by atoms with Gasteiger partial charge in [0.25, 0.3) is 5.91 Å². The van der Waals surface area contributed by atoms with E-state index in [0.29, 0.717) is 46.2 Å². The molecule has 2 fully saturated rings. The fourth-order valence-electron chi connectivity index (χ4n) is 10.6. The van der Waals surface area contributed by atoms with Gasteiger partial charge in [0.2, 0.25) is 17.7 Å². The molecule has 21 heteroatoms. The van der Waals surface area contributed by atoms with Gasteiger partial charge in [-0.25, -0.2) is 4.98 Å². The predicted molar refractivity (Wildman–Crippen MR) is 312 cm³/mol. The number of fused-ring (bicyclic) bond motifs is 4. The summed E-state index contributed by atoms with van der Waals surface area (Å²) in [4.78, 5) is 83.5. The first-order valence-corrected chi connectivity index (χ1v) is 29.3. The maximum absolute atomic E-state index is 14.9. The summed E-state index contributed by atoms with van der Waals surface area (Å²) < 4.78 is 20.3. The standard InChI is InChI=1S/C60H67ClN10O8S2/c1-29(2)50(62)59(76)78-43-25-45(55(73)64-31(4)35-11-13-37(14-12-35)52-32(5)63-28-80-52)70(27-43)57(75)53(60(8,9)10)67-56(74)47-22-38-21-41(19-20-46(38)79-47)77-42-23-40(24-42)65-48(72)26-44-54-69-68-34(7)71(54)58-49(30(3)33(6)81-58)51(66-44)36-15-17-39(61)18-16-36/h11-22,28-29,31,40,42-45,50,53H,23-27,62H2,1-10H3,(H,64,73)(H,65,72)(H,67,74)/t31-,40?,42?,43+,44-,45-,50-,53?/m0/s1. The number of hydrogen-bond donors (Lipinski definition) is 4. The van der Waals surface area contributed by atoms with E-state index in [-0.39, 0.29) is 49.1 Å². The first-order chi connectivity index (χ1) is 38.5. The number of nitrogens with two attached hydrogens (primary N) is 1. The van der Waals surface area contributed by atoms with Crippen molar-refractivity contribution in [3.05, 3.63) is 134 Å². The van der Waals surface area contributed by atoms with Gasteiger partial charge in [-0.1, -0.05) is 82.6 Å². The van der Waals surface area contributed by atoms with Crippen molar-refractivity contribution >= 4 is 80.6 Å². The lowest BCUT2D eigenvalue weighted by molar-refractivity contribution is -0.152. The van der Waals surface area contributed by atoms with E-state index in [2.05, 4.69) is 45.0 Å². The molecule has 6 atom stereocenters. The number of thiazole rings is 1. The highest BCUT2D eigenvalue weighted by Crippen LogP contribution is 2.40. The molecule has 3 aromatic carbocycles. The Balaban J connectivity index is 0.781. The van der Waals surface area contributed by atoms with Gasteiger partial charge < -0.3 is 40.5 Å². The van der Waals surface area contributed by atoms with Crippen LogP contribution in [0.25, 0.3) is 26.4 Å². The van der Waals surface area contributed by atoms with Crippen molar-refractivity contribution in [2.24, 2.45) is 22.1 Å². The molecular formula is C60H67ClN10O8S2. The van der Waals surface area contributed by atoms with E-state index >= 15 is 0 Å². The van der Waals surface area contributed by atoms with Crippen LogP contribution in [-0.4, -0.2) is 103 Å². The Hall–Kier alpha value is -7.26. The maximum Gasteiger partial charge on any atom is 0.323 e. The largest absolute Gasteiger partial charge is 0.490 e. The minimum absolute atomic E-state index is 0.0290. The van der Waals surface area contributed by atoms with Crippen LogP contribution in [0.2, 0.25) is 5.02 Å². The molecular weight excluding hydrogens is 1090 g/mol. The highest BCUT2D eigenvalue weighted by Gasteiger charge is 2.47. The average molecular weight is 1160 g/mol. The number of ether oxygens (including phenoxy) is 2. The molecule has 0 radical (unpaired) electrons. The van der Waals surface area contributed by atoms with Crippen LogP contribution >= 0.6 is 34.3 Å². The second-order valence-corrected chi connectivity index (χ2v) is 25.4. The molecule has 1 aliphatic carbocycles. The van der Waals surface area contributed by atoms with Crippen LogP contribution in [0.5, 0.6) is 5.75 Å². The number of benzene rings is 3. The van der Waals surface area contributed by atoms with E-state index in [1.165, 1.54) is 4.90 Å². The highest BCUT2D eigenvalue weighted by atomic mass is 35.5. The first-order valence-electron chi connectivity index (χ1n) is 27.2. The molecule has 5 N–H and O–H groups in total. The van der Waals surface area contributed by atoms with Gasteiger partial charge in [0, 0.05) is 51.7 Å². The number of nitrogens with one attached hydrogen (secondary N) is 3. The van der Waals surface area contributed by atoms with Crippen molar-refractivity contribution in [3.63, 3.8) is 0 Å². The third-order valence-corrected chi connectivity index (χ3v) is 17.9. The smallest absolute Gasteiger partial charge is 0.323 e. The molecule has 7 aromatic rings. The van der Waals surface area contributed by atoms with E-state index in [0.717, 1.165) is 54.0 Å². The number of halogens is 1. The maximum atomic E-state index is 14.9. The fourth-order valence-corrected chi connectivity index (χ4v) is 12.7. The van der Waals surface area contributed by atoms with E-state index in [9.17, 15) is 24.0 Å². The summed E-state index contributed by atoms with van der Waals surface area (Å²) in [5.74, 6) is -0.732. The number of furan rings is 1. The minimum Gasteiger partial charge on any atom is -0.490 e. The van der Waals surface area contributed by atoms with Crippen molar-refractivity contribution in [2.45, 2.75) is 143 Å². The van der Waals surface area contributed by atoms with Gasteiger partial charge in [0.15, 0.2) is 11.6 Å². The topological polar surface area (TPSA) is 238 Å². The number of esters is 1. The number of rotatable bonds is 16. The van der Waals surface area contributed by atoms with Crippen molar-refractivity contribution in [3.8, 4) is 21.2 Å². The SMILES string of the molecule is Cc1ncsc1-c1ccc([C@H](C)NC(=O)[C@@H]2C[C@@H](OC(=O)[C@@H](N)C(C)C)CN2C(=O)C(NC(=O)c2cc3cc(OC4CC(NC(=O)C[C@@H]5N=C(c6ccc(Cl)cc6)c6c(sc(C)c6C)-n6c(C)nnc65)C4)ccc3o2)C(C)(C)C)cc1. The summed E-state index contributed by atoms with van der Waals surface area (Å²) in [6.45, 7) is 18.9. The summed E-state index contributed by atoms with van der Waals surface area (Å²) in [6.07, 6.45) is 0.249. The molecule has 81 heavy (non-hydrogen) atoms. The fraction of sp³-hybridized carbons (Fsp3) is 0.417. The van der Waals surface area contributed by atoms with Gasteiger partial charge in [-0.3, -0.25) is 33.5 Å². The lowest BCUT2D eigenvalue weighted by atomic mass is 9.85. The number of nitrogens with zero attached hydrogens (tertiary/aromatic N) is 6. The van der Waals surface area contributed by atoms with Crippen molar-refractivity contribution in [2.75, 3.05) is 6.54 Å². The molecule has 424 valence electrons. The number of aliphatic imine (C=N–C) groups is 1. The number of aryl methyl sites for hydroxylation is 3. The second kappa shape index (κ2) is 22.9. The van der Waals surface area contributed by atoms with Gasteiger partial charge in [0.05, 0.1) is 40.8 Å². The van der Waals surface area contributed by atoms with Crippen molar-refractivity contribution in [1.29, 1.82) is 0 Å². The van der Waals surface area contributed by atoms with Crippen LogP contribution in [0.1, 0.15) is 134 Å². The molecule has 18 nitrogen and oxygen atoms in total. The number of carbonyl (C=O) groups is 5. The summed E-state index contributed by atoms with van der Waals surface area (Å²) in [5.41, 5.74) is 14.1. The Morgan fingerprint density at radius 1 is 0.889 bits per heavy atom. The Bertz CT molecular complexity index is 3570. The van der Waals surface area contributed by atoms with Crippen LogP contribution in [-0.2, 0) is 23.9 Å². The molecule has 4 amide bonds. The summed E-state index contributed by atoms with van der Waals surface area (Å²) in [7, 11) is 0. The third-order valence-electron chi connectivity index (χ3n) is 15.5. The average Bonchev–Trinajstić information content (AvgIpc) is 4.45. The number of hydrogen-bond acceptors (Lipinski definition) is 15. The number of amides is 4. The van der Waals surface area contributed by atoms with Crippen LogP contribution in [0.15, 0.2) is 87.7 Å². The van der Waals surface area contributed by atoms with Gasteiger partial charge >= 0.3 is 5.97 Å². The van der Waals surface area contributed by atoms with E-state index in [1.54, 1.807) is 52.4 Å². The summed E-state index contributed by atoms with van der Waals surface area (Å²) >= 11 is 9.50. The van der Waals surface area contributed by atoms with Crippen molar-refractivity contribution in [1.82, 2.24) is 40.6 Å².